The molecule has 2 aromatic carbocycles. The quantitative estimate of drug-likeness (QED) is 0.284. The van der Waals surface area contributed by atoms with Gasteiger partial charge in [-0.2, -0.15) is 4.73 Å². The Bertz CT molecular complexity index is 1080. The van der Waals surface area contributed by atoms with Gasteiger partial charge in [-0.3, -0.25) is 4.98 Å². The van der Waals surface area contributed by atoms with Crippen molar-refractivity contribution in [2.24, 2.45) is 0 Å². The highest BCUT2D eigenvalue weighted by Gasteiger charge is 2.17. The first-order valence-corrected chi connectivity index (χ1v) is 6.94. The van der Waals surface area contributed by atoms with Crippen molar-refractivity contribution in [1.82, 2.24) is 4.98 Å². The smallest absolute Gasteiger partial charge is 0.231 e. The van der Waals surface area contributed by atoms with Crippen molar-refractivity contribution >= 4 is 32.6 Å². The normalized spacial score (nSPS) is 13.3. The number of benzene rings is 2. The fourth-order valence-corrected chi connectivity index (χ4v) is 3.04. The third-order valence-corrected chi connectivity index (χ3v) is 4.08. The van der Waals surface area contributed by atoms with Crippen LogP contribution in [-0.2, 0) is 0 Å². The molecule has 0 unspecified atom stereocenters. The van der Waals surface area contributed by atoms with E-state index >= 15 is 0 Å². The van der Waals surface area contributed by atoms with E-state index in [-0.39, 0.29) is 6.79 Å². The number of rotatable bonds is 0. The van der Waals surface area contributed by atoms with E-state index < -0.39 is 0 Å². The zero-order valence-corrected chi connectivity index (χ0v) is 11.4. The Morgan fingerprint density at radius 1 is 1.00 bits per heavy atom. The Hall–Kier alpha value is -3.08. The van der Waals surface area contributed by atoms with Crippen LogP contribution in [0.15, 0.2) is 48.8 Å². The number of fused-ring (bicyclic) bond motifs is 6. The van der Waals surface area contributed by atoms with Gasteiger partial charge in [-0.15, -0.1) is 0 Å². The Balaban J connectivity index is 1.97. The van der Waals surface area contributed by atoms with Crippen molar-refractivity contribution in [1.29, 1.82) is 0 Å². The summed E-state index contributed by atoms with van der Waals surface area (Å²) in [6.45, 7) is 0.246. The highest BCUT2D eigenvalue weighted by molar-refractivity contribution is 6.14. The Kier molecular flexibility index (Phi) is 2.09. The van der Waals surface area contributed by atoms with Crippen LogP contribution in [-0.4, -0.2) is 11.8 Å². The molecular formula is C17H10N2O3. The van der Waals surface area contributed by atoms with Gasteiger partial charge in [0.2, 0.25) is 12.3 Å². The predicted molar refractivity (Wildman–Crippen MR) is 81.8 cm³/mol. The van der Waals surface area contributed by atoms with E-state index in [0.29, 0.717) is 5.52 Å². The van der Waals surface area contributed by atoms with Gasteiger partial charge in [-0.25, -0.2) is 0 Å². The van der Waals surface area contributed by atoms with Gasteiger partial charge >= 0.3 is 0 Å². The van der Waals surface area contributed by atoms with Gasteiger partial charge in [-0.05, 0) is 29.7 Å². The molecule has 0 bridgehead atoms. The molecular weight excluding hydrogens is 280 g/mol. The van der Waals surface area contributed by atoms with Crippen LogP contribution in [0.4, 0.5) is 0 Å². The second-order valence-corrected chi connectivity index (χ2v) is 5.28. The summed E-state index contributed by atoms with van der Waals surface area (Å²) >= 11 is 0. The molecule has 5 rings (SSSR count). The molecule has 1 aliphatic rings. The lowest BCUT2D eigenvalue weighted by Crippen LogP contribution is -2.25. The number of nitrogens with zero attached hydrogens (tertiary/aromatic N) is 2. The van der Waals surface area contributed by atoms with Crippen LogP contribution in [0.1, 0.15) is 0 Å². The van der Waals surface area contributed by atoms with Crippen LogP contribution >= 0.6 is 0 Å². The van der Waals surface area contributed by atoms with Crippen LogP contribution in [0.3, 0.4) is 0 Å². The summed E-state index contributed by atoms with van der Waals surface area (Å²) in [4.78, 5) is 4.56. The number of ether oxygens (including phenoxy) is 2. The molecule has 5 nitrogen and oxygen atoms in total. The summed E-state index contributed by atoms with van der Waals surface area (Å²) in [7, 11) is 0. The molecule has 0 aliphatic carbocycles. The molecule has 22 heavy (non-hydrogen) atoms. The molecule has 106 valence electrons. The van der Waals surface area contributed by atoms with Crippen LogP contribution in [0.5, 0.6) is 11.5 Å². The zero-order chi connectivity index (χ0) is 14.7. The predicted octanol–water partition coefficient (Wildman–Crippen LogP) is 2.90. The summed E-state index contributed by atoms with van der Waals surface area (Å²) in [6.07, 6.45) is 3.30. The standard InChI is InChI=1S/C17H10N2O3/c20-19-5-1-2-12-14(19)4-3-11-13-7-16-15(21-9-22-16)6-10(13)8-18-17(11)12/h1-8H,9H2. The number of hydrogen-bond donors (Lipinski definition) is 0. The van der Waals surface area contributed by atoms with Gasteiger partial charge in [0.1, 0.15) is 0 Å². The topological polar surface area (TPSA) is 58.3 Å². The second-order valence-electron chi connectivity index (χ2n) is 5.28. The van der Waals surface area contributed by atoms with Crippen molar-refractivity contribution in [3.8, 4) is 11.5 Å². The van der Waals surface area contributed by atoms with Crippen LogP contribution < -0.4 is 14.2 Å². The van der Waals surface area contributed by atoms with Crippen molar-refractivity contribution < 1.29 is 14.2 Å². The molecule has 0 N–H and O–H groups in total. The SMILES string of the molecule is [O-][n+]1cccc2c3ncc4cc5c(cc4c3ccc21)OCO5. The molecule has 0 radical (unpaired) electrons. The first-order valence-electron chi connectivity index (χ1n) is 6.94. The average Bonchev–Trinajstić information content (AvgIpc) is 3.00. The molecule has 0 amide bonds. The van der Waals surface area contributed by atoms with E-state index in [1.165, 1.54) is 6.20 Å². The number of pyridine rings is 2. The van der Waals surface area contributed by atoms with Crippen molar-refractivity contribution in [2.45, 2.75) is 0 Å². The first-order chi connectivity index (χ1) is 10.8. The number of aromatic nitrogens is 2. The molecule has 2 aromatic heterocycles. The molecule has 5 heteroatoms. The highest BCUT2D eigenvalue weighted by atomic mass is 16.7. The fourth-order valence-electron chi connectivity index (χ4n) is 3.04. The van der Waals surface area contributed by atoms with Gasteiger partial charge in [0.05, 0.1) is 10.9 Å². The maximum atomic E-state index is 11.9. The Morgan fingerprint density at radius 2 is 1.86 bits per heavy atom. The molecule has 0 spiro atoms. The Morgan fingerprint density at radius 3 is 2.77 bits per heavy atom. The minimum atomic E-state index is 0.246. The van der Waals surface area contributed by atoms with Gasteiger partial charge in [0, 0.05) is 29.1 Å². The second kappa shape index (κ2) is 3.98. The summed E-state index contributed by atoms with van der Waals surface area (Å²) in [5.74, 6) is 1.49. The van der Waals surface area contributed by atoms with Gasteiger partial charge in [0.25, 0.3) is 0 Å². The summed E-state index contributed by atoms with van der Waals surface area (Å²) < 4.78 is 11.7. The summed E-state index contributed by atoms with van der Waals surface area (Å²) in [6, 6.07) is 11.3. The molecule has 4 aromatic rings. The lowest BCUT2D eigenvalue weighted by molar-refractivity contribution is -0.576. The van der Waals surface area contributed by atoms with Crippen LogP contribution in [0, 0.1) is 5.21 Å². The first kappa shape index (κ1) is 11.6. The van der Waals surface area contributed by atoms with Crippen molar-refractivity contribution in [3.05, 3.63) is 54.0 Å². The van der Waals surface area contributed by atoms with Gasteiger partial charge in [-0.1, -0.05) is 0 Å². The molecule has 0 fully saturated rings. The zero-order valence-electron chi connectivity index (χ0n) is 11.4. The van der Waals surface area contributed by atoms with Crippen molar-refractivity contribution in [3.63, 3.8) is 0 Å². The van der Waals surface area contributed by atoms with E-state index in [0.717, 1.165) is 43.3 Å². The van der Waals surface area contributed by atoms with E-state index in [1.54, 1.807) is 12.3 Å². The third kappa shape index (κ3) is 1.42. The number of hydrogen-bond acceptors (Lipinski definition) is 4. The van der Waals surface area contributed by atoms with E-state index in [9.17, 15) is 5.21 Å². The fraction of sp³-hybridized carbons (Fsp3) is 0.0588. The molecule has 1 aliphatic heterocycles. The molecule has 0 atom stereocenters. The lowest BCUT2D eigenvalue weighted by atomic mass is 10.0. The maximum absolute atomic E-state index is 11.9. The van der Waals surface area contributed by atoms with E-state index in [2.05, 4.69) is 4.98 Å². The van der Waals surface area contributed by atoms with Crippen LogP contribution in [0.2, 0.25) is 0 Å². The van der Waals surface area contributed by atoms with Gasteiger partial charge in [0.15, 0.2) is 17.7 Å². The van der Waals surface area contributed by atoms with Crippen LogP contribution in [0.25, 0.3) is 32.6 Å². The lowest BCUT2D eigenvalue weighted by Gasteiger charge is -2.07. The highest BCUT2D eigenvalue weighted by Crippen LogP contribution is 2.38. The van der Waals surface area contributed by atoms with Gasteiger partial charge < -0.3 is 14.7 Å². The largest absolute Gasteiger partial charge is 0.618 e. The van der Waals surface area contributed by atoms with E-state index in [1.807, 2.05) is 30.3 Å². The third-order valence-electron chi connectivity index (χ3n) is 4.08. The summed E-state index contributed by atoms with van der Waals surface area (Å²) in [5.41, 5.74) is 1.43. The van der Waals surface area contributed by atoms with E-state index in [4.69, 9.17) is 9.47 Å². The van der Waals surface area contributed by atoms with Crippen molar-refractivity contribution in [2.75, 3.05) is 6.79 Å². The molecule has 3 heterocycles. The molecule has 0 saturated heterocycles. The minimum absolute atomic E-state index is 0.246. The Labute approximate surface area is 124 Å². The monoisotopic (exact) mass is 290 g/mol. The molecule has 0 saturated carbocycles. The minimum Gasteiger partial charge on any atom is -0.618 e. The summed E-state index contributed by atoms with van der Waals surface area (Å²) in [5, 5.41) is 15.8. The average molecular weight is 290 g/mol. The maximum Gasteiger partial charge on any atom is 0.231 e.